The Labute approximate surface area is 112 Å². The Morgan fingerprint density at radius 2 is 2.50 bits per heavy atom. The van der Waals surface area contributed by atoms with Crippen LogP contribution in [0.3, 0.4) is 0 Å². The summed E-state index contributed by atoms with van der Waals surface area (Å²) in [4.78, 5) is 22.2. The molecule has 1 atom stereocenters. The summed E-state index contributed by atoms with van der Waals surface area (Å²) in [6.07, 6.45) is 2.43. The van der Waals surface area contributed by atoms with Crippen LogP contribution in [-0.4, -0.2) is 49.6 Å². The second-order valence-electron chi connectivity index (χ2n) is 3.74. The molecule has 2 heterocycles. The first-order valence-electron chi connectivity index (χ1n) is 5.18. The number of hydrogen-bond acceptors (Lipinski definition) is 5. The van der Waals surface area contributed by atoms with Gasteiger partial charge in [-0.3, -0.25) is 14.6 Å². The molecular weight excluding hydrogens is 323 g/mol. The van der Waals surface area contributed by atoms with Gasteiger partial charge in [-0.25, -0.2) is 5.48 Å². The molecule has 0 spiro atoms. The van der Waals surface area contributed by atoms with Crippen molar-refractivity contribution in [3.05, 3.63) is 0 Å². The number of carbonyl (C=O) groups excluding carboxylic acids is 1. The molecule has 0 aromatic heterocycles. The summed E-state index contributed by atoms with van der Waals surface area (Å²) in [5.74, 6) is 0.659. The van der Waals surface area contributed by atoms with Crippen LogP contribution in [-0.2, 0) is 9.63 Å². The maximum atomic E-state index is 11.1. The molecule has 2 aliphatic rings. The lowest BCUT2D eigenvalue weighted by atomic mass is 10.2. The van der Waals surface area contributed by atoms with Crippen molar-refractivity contribution in [2.75, 3.05) is 26.7 Å². The molecule has 7 heteroatoms. The second kappa shape index (κ2) is 6.24. The Bertz CT molecular complexity index is 285. The van der Waals surface area contributed by atoms with Gasteiger partial charge in [0.1, 0.15) is 0 Å². The SMILES string of the molecule is CONC(=O)CNC1=NC[C@H]2CCCN12.I. The quantitative estimate of drug-likeness (QED) is 0.547. The molecule has 0 aliphatic carbocycles. The van der Waals surface area contributed by atoms with Crippen molar-refractivity contribution in [1.29, 1.82) is 0 Å². The van der Waals surface area contributed by atoms with Gasteiger partial charge in [0.15, 0.2) is 5.96 Å². The first kappa shape index (κ1) is 13.5. The highest BCUT2D eigenvalue weighted by Crippen LogP contribution is 2.21. The molecule has 2 rings (SSSR count). The number of amides is 1. The number of guanidine groups is 1. The van der Waals surface area contributed by atoms with Crippen LogP contribution in [0, 0.1) is 0 Å². The molecule has 16 heavy (non-hydrogen) atoms. The van der Waals surface area contributed by atoms with Crippen LogP contribution in [0.4, 0.5) is 0 Å². The molecule has 1 fully saturated rings. The zero-order valence-corrected chi connectivity index (χ0v) is 11.6. The van der Waals surface area contributed by atoms with E-state index in [1.54, 1.807) is 0 Å². The second-order valence-corrected chi connectivity index (χ2v) is 3.74. The van der Waals surface area contributed by atoms with Crippen molar-refractivity contribution in [3.8, 4) is 0 Å². The lowest BCUT2D eigenvalue weighted by molar-refractivity contribution is -0.130. The van der Waals surface area contributed by atoms with Crippen LogP contribution in [0.5, 0.6) is 0 Å². The Balaban J connectivity index is 0.00000128. The van der Waals surface area contributed by atoms with Crippen molar-refractivity contribution in [1.82, 2.24) is 15.7 Å². The Morgan fingerprint density at radius 1 is 1.69 bits per heavy atom. The number of hydrogen-bond donors (Lipinski definition) is 2. The minimum Gasteiger partial charge on any atom is -0.347 e. The van der Waals surface area contributed by atoms with E-state index in [9.17, 15) is 4.79 Å². The molecule has 0 aromatic rings. The minimum absolute atomic E-state index is 0. The molecule has 2 aliphatic heterocycles. The van der Waals surface area contributed by atoms with E-state index in [1.165, 1.54) is 20.0 Å². The van der Waals surface area contributed by atoms with E-state index in [4.69, 9.17) is 0 Å². The summed E-state index contributed by atoms with van der Waals surface area (Å²) >= 11 is 0. The zero-order chi connectivity index (χ0) is 10.7. The van der Waals surface area contributed by atoms with Crippen LogP contribution >= 0.6 is 24.0 Å². The number of halogens is 1. The van der Waals surface area contributed by atoms with Crippen LogP contribution in [0.1, 0.15) is 12.8 Å². The lowest BCUT2D eigenvalue weighted by Gasteiger charge is -2.20. The number of aliphatic imine (C=N–C) groups is 1. The van der Waals surface area contributed by atoms with E-state index in [-0.39, 0.29) is 36.4 Å². The monoisotopic (exact) mass is 340 g/mol. The molecule has 0 saturated carbocycles. The van der Waals surface area contributed by atoms with Gasteiger partial charge in [0.2, 0.25) is 0 Å². The van der Waals surface area contributed by atoms with Crippen LogP contribution in [0.15, 0.2) is 4.99 Å². The fraction of sp³-hybridized carbons (Fsp3) is 0.778. The Kier molecular flexibility index (Phi) is 5.26. The lowest BCUT2D eigenvalue weighted by Crippen LogP contribution is -2.44. The van der Waals surface area contributed by atoms with Crippen LogP contribution < -0.4 is 10.8 Å². The largest absolute Gasteiger partial charge is 0.347 e. The topological polar surface area (TPSA) is 66.0 Å². The van der Waals surface area contributed by atoms with Gasteiger partial charge < -0.3 is 10.2 Å². The average molecular weight is 340 g/mol. The van der Waals surface area contributed by atoms with Gasteiger partial charge in [-0.1, -0.05) is 0 Å². The highest BCUT2D eigenvalue weighted by atomic mass is 127. The van der Waals surface area contributed by atoms with Crippen molar-refractivity contribution in [3.63, 3.8) is 0 Å². The third-order valence-corrected chi connectivity index (χ3v) is 2.72. The summed E-state index contributed by atoms with van der Waals surface area (Å²) in [6, 6.07) is 0.554. The molecule has 2 N–H and O–H groups in total. The third-order valence-electron chi connectivity index (χ3n) is 2.72. The number of fused-ring (bicyclic) bond motifs is 1. The van der Waals surface area contributed by atoms with Crippen molar-refractivity contribution in [2.45, 2.75) is 18.9 Å². The van der Waals surface area contributed by atoms with Gasteiger partial charge in [0.05, 0.1) is 26.2 Å². The smallest absolute Gasteiger partial charge is 0.262 e. The number of nitrogens with zero attached hydrogens (tertiary/aromatic N) is 2. The Morgan fingerprint density at radius 3 is 3.25 bits per heavy atom. The standard InChI is InChI=1S/C9H16N4O2.HI/c1-15-12-8(14)6-11-9-10-5-7-3-2-4-13(7)9;/h7H,2-6H2,1H3,(H,10,11)(H,12,14);1H/t7-;/m1./s1. The molecule has 1 saturated heterocycles. The van der Waals surface area contributed by atoms with E-state index in [0.717, 1.165) is 19.0 Å². The predicted octanol–water partition coefficient (Wildman–Crippen LogP) is -0.294. The summed E-state index contributed by atoms with van der Waals surface area (Å²) < 4.78 is 0. The molecular formula is C9H17IN4O2. The van der Waals surface area contributed by atoms with E-state index in [0.29, 0.717) is 6.04 Å². The maximum Gasteiger partial charge on any atom is 0.262 e. The minimum atomic E-state index is -0.192. The molecule has 0 aromatic carbocycles. The fourth-order valence-electron chi connectivity index (χ4n) is 2.05. The fourth-order valence-corrected chi connectivity index (χ4v) is 2.05. The van der Waals surface area contributed by atoms with Crippen molar-refractivity contribution in [2.24, 2.45) is 4.99 Å². The Hall–Kier alpha value is -0.570. The first-order chi connectivity index (χ1) is 7.31. The summed E-state index contributed by atoms with van der Waals surface area (Å²) in [5, 5.41) is 3.02. The van der Waals surface area contributed by atoms with Gasteiger partial charge in [-0.2, -0.15) is 0 Å². The van der Waals surface area contributed by atoms with Gasteiger partial charge in [0.25, 0.3) is 5.91 Å². The highest BCUT2D eigenvalue weighted by molar-refractivity contribution is 14.0. The van der Waals surface area contributed by atoms with E-state index < -0.39 is 0 Å². The van der Waals surface area contributed by atoms with E-state index in [2.05, 4.69) is 25.5 Å². The molecule has 0 radical (unpaired) electrons. The normalized spacial score (nSPS) is 22.2. The van der Waals surface area contributed by atoms with Crippen LogP contribution in [0.25, 0.3) is 0 Å². The van der Waals surface area contributed by atoms with Gasteiger partial charge in [-0.15, -0.1) is 24.0 Å². The van der Waals surface area contributed by atoms with Gasteiger partial charge in [-0.05, 0) is 12.8 Å². The van der Waals surface area contributed by atoms with Gasteiger partial charge in [0, 0.05) is 6.54 Å². The van der Waals surface area contributed by atoms with E-state index >= 15 is 0 Å². The molecule has 0 unspecified atom stereocenters. The van der Waals surface area contributed by atoms with Gasteiger partial charge >= 0.3 is 0 Å². The van der Waals surface area contributed by atoms with Crippen LogP contribution in [0.2, 0.25) is 0 Å². The first-order valence-corrected chi connectivity index (χ1v) is 5.18. The summed E-state index contributed by atoms with van der Waals surface area (Å²) in [7, 11) is 1.42. The van der Waals surface area contributed by atoms with E-state index in [1.807, 2.05) is 0 Å². The molecule has 1 amide bonds. The molecule has 6 nitrogen and oxygen atoms in total. The number of hydroxylamine groups is 1. The molecule has 0 bridgehead atoms. The number of nitrogens with one attached hydrogen (secondary N) is 2. The summed E-state index contributed by atoms with van der Waals surface area (Å²) in [5.41, 5.74) is 2.25. The maximum absolute atomic E-state index is 11.1. The highest BCUT2D eigenvalue weighted by Gasteiger charge is 2.31. The average Bonchev–Trinajstić information content (AvgIpc) is 2.77. The predicted molar refractivity (Wildman–Crippen MR) is 70.6 cm³/mol. The molecule has 92 valence electrons. The number of carbonyl (C=O) groups is 1. The van der Waals surface area contributed by atoms with Crippen molar-refractivity contribution >= 4 is 35.8 Å². The van der Waals surface area contributed by atoms with Crippen molar-refractivity contribution < 1.29 is 9.63 Å². The number of rotatable bonds is 3. The zero-order valence-electron chi connectivity index (χ0n) is 9.23. The summed E-state index contributed by atoms with van der Waals surface area (Å²) in [6.45, 7) is 2.10. The third kappa shape index (κ3) is 2.97.